The van der Waals surface area contributed by atoms with Crippen LogP contribution >= 0.6 is 0 Å². The van der Waals surface area contributed by atoms with Crippen molar-refractivity contribution in [1.82, 2.24) is 0 Å². The van der Waals surface area contributed by atoms with Gasteiger partial charge in [0.1, 0.15) is 57.9 Å². The zero-order valence-corrected chi connectivity index (χ0v) is 26.4. The number of aliphatic imine (C=N–C) groups is 1. The molecule has 0 unspecified atom stereocenters. The van der Waals surface area contributed by atoms with Crippen LogP contribution in [0.1, 0.15) is 47.6 Å². The quantitative estimate of drug-likeness (QED) is 0.0842. The molecule has 1 N–H and O–H groups in total. The number of allylic oxidation sites excluding steroid dienone is 8. The Labute approximate surface area is 278 Å². The maximum absolute atomic E-state index is 15.0. The topological polar surface area (TPSA) is 69.2 Å². The number of alkyl halides is 2. The Morgan fingerprint density at radius 2 is 1.63 bits per heavy atom. The van der Waals surface area contributed by atoms with Gasteiger partial charge >= 0.3 is 6.11 Å². The highest BCUT2D eigenvalue weighted by Gasteiger charge is 2.41. The zero-order chi connectivity index (χ0) is 36.7. The van der Waals surface area contributed by atoms with Crippen molar-refractivity contribution in [2.24, 2.45) is 4.99 Å². The molecule has 0 saturated carbocycles. The number of hydrogen-bond donors (Lipinski definition) is 1. The van der Waals surface area contributed by atoms with Crippen LogP contribution in [-0.2, 0) is 12.5 Å². The lowest BCUT2D eigenvalue weighted by Gasteiger charge is -2.20. The van der Waals surface area contributed by atoms with Gasteiger partial charge in [0.15, 0.2) is 0 Å². The first-order chi connectivity index (χ1) is 23.2. The summed E-state index contributed by atoms with van der Waals surface area (Å²) < 4.78 is 119. The van der Waals surface area contributed by atoms with Crippen molar-refractivity contribution in [1.29, 1.82) is 10.7 Å². The van der Waals surface area contributed by atoms with Crippen molar-refractivity contribution in [3.05, 3.63) is 154 Å². The van der Waals surface area contributed by atoms with Crippen molar-refractivity contribution in [2.75, 3.05) is 0 Å². The van der Waals surface area contributed by atoms with Crippen molar-refractivity contribution >= 4 is 18.5 Å². The molecule has 0 radical (unpaired) electrons. The molecule has 0 atom stereocenters. The monoisotopic (exact) mass is 685 g/mol. The fourth-order valence-corrected chi connectivity index (χ4v) is 4.19. The number of hydrogen-bond acceptors (Lipinski definition) is 4. The molecule has 0 aliphatic heterocycles. The largest absolute Gasteiger partial charge is 0.432 e. The van der Waals surface area contributed by atoms with Crippen LogP contribution in [0.3, 0.4) is 0 Å². The summed E-state index contributed by atoms with van der Waals surface area (Å²) in [6.07, 6.45) is 6.92. The Bertz CT molecular complexity index is 1810. The van der Waals surface area contributed by atoms with E-state index in [1.165, 1.54) is 24.4 Å². The van der Waals surface area contributed by atoms with Crippen molar-refractivity contribution in [2.45, 2.75) is 39.2 Å². The summed E-state index contributed by atoms with van der Waals surface area (Å²) in [5.74, 6) is -9.53. The molecule has 0 heterocycles. The lowest BCUT2D eigenvalue weighted by atomic mass is 9.99. The van der Waals surface area contributed by atoms with E-state index in [1.807, 2.05) is 13.0 Å². The molecule has 12 heteroatoms. The Morgan fingerprint density at radius 1 is 1.00 bits per heavy atom. The lowest BCUT2D eigenvalue weighted by Crippen LogP contribution is -2.25. The molecule has 0 aliphatic carbocycles. The number of ether oxygens (including phenoxy) is 1. The van der Waals surface area contributed by atoms with Gasteiger partial charge in [-0.2, -0.15) is 14.0 Å². The van der Waals surface area contributed by atoms with Crippen LogP contribution in [-0.4, -0.2) is 12.9 Å². The van der Waals surface area contributed by atoms with E-state index >= 15 is 0 Å². The minimum Gasteiger partial charge on any atom is -0.429 e. The second kappa shape index (κ2) is 18.7. The smallest absolute Gasteiger partial charge is 0.429 e. The van der Waals surface area contributed by atoms with Gasteiger partial charge in [0.25, 0.3) is 0 Å². The summed E-state index contributed by atoms with van der Waals surface area (Å²) in [6, 6.07) is 6.79. The van der Waals surface area contributed by atoms with Gasteiger partial charge in [0.2, 0.25) is 0 Å². The molecule has 0 aromatic heterocycles. The minimum atomic E-state index is -4.76. The first kappa shape index (κ1) is 39.6. The fraction of sp³-hybridized carbons (Fsp3) is 0.162. The summed E-state index contributed by atoms with van der Waals surface area (Å²) in [5, 5.41) is 15.7. The van der Waals surface area contributed by atoms with Gasteiger partial charge in [0, 0.05) is 30.1 Å². The molecule has 256 valence electrons. The molecule has 0 spiro atoms. The van der Waals surface area contributed by atoms with Crippen LogP contribution in [0.5, 0.6) is 5.75 Å². The number of benzene rings is 3. The second-order valence-corrected chi connectivity index (χ2v) is 10.1. The molecular weight excluding hydrogens is 654 g/mol. The van der Waals surface area contributed by atoms with Gasteiger partial charge < -0.3 is 10.1 Å². The van der Waals surface area contributed by atoms with E-state index in [0.717, 1.165) is 36.6 Å². The molecule has 0 saturated heterocycles. The second-order valence-electron chi connectivity index (χ2n) is 10.1. The van der Waals surface area contributed by atoms with Gasteiger partial charge in [-0.15, -0.1) is 0 Å². The molecule has 0 amide bonds. The first-order valence-electron chi connectivity index (χ1n) is 14.4. The number of halogens is 8. The Kier molecular flexibility index (Phi) is 15.1. The highest BCUT2D eigenvalue weighted by Crippen LogP contribution is 2.38. The molecule has 49 heavy (non-hydrogen) atoms. The first-order valence-corrected chi connectivity index (χ1v) is 14.4. The van der Waals surface area contributed by atoms with E-state index in [9.17, 15) is 35.1 Å². The van der Waals surface area contributed by atoms with Crippen molar-refractivity contribution in [3.8, 4) is 11.8 Å². The number of nitrogens with zero attached hydrogens (tertiary/aromatic N) is 2. The minimum absolute atomic E-state index is 0.142. The number of aryl methyl sites for hydroxylation is 1. The zero-order valence-electron chi connectivity index (χ0n) is 26.4. The summed E-state index contributed by atoms with van der Waals surface area (Å²) in [5.41, 5.74) is -2.20. The van der Waals surface area contributed by atoms with E-state index in [2.05, 4.69) is 29.1 Å². The SMILES string of the molecule is C=C/C=C(\C(F)=C/Cc1ccc(C)cc1F)c1cc(F)c(C(F)(F)Oc2cc(F)c(C#N)c(F)c2)c(F)c1.C=N/C=C(\C=N)CC/C=C/C. The Morgan fingerprint density at radius 3 is 2.14 bits per heavy atom. The molecule has 0 bridgehead atoms. The predicted octanol–water partition coefficient (Wildman–Crippen LogP) is 10.9. The summed E-state index contributed by atoms with van der Waals surface area (Å²) in [6.45, 7) is 10.4. The summed E-state index contributed by atoms with van der Waals surface area (Å²) in [4.78, 5) is 3.60. The van der Waals surface area contributed by atoms with E-state index < -0.39 is 69.0 Å². The Hall–Kier alpha value is -5.57. The van der Waals surface area contributed by atoms with E-state index in [0.29, 0.717) is 17.7 Å². The normalized spacial score (nSPS) is 12.2. The maximum Gasteiger partial charge on any atom is 0.432 e. The molecule has 3 aromatic carbocycles. The third-order valence-electron chi connectivity index (χ3n) is 6.55. The van der Waals surface area contributed by atoms with Gasteiger partial charge in [-0.1, -0.05) is 43.0 Å². The van der Waals surface area contributed by atoms with Gasteiger partial charge in [0.05, 0.1) is 0 Å². The average molecular weight is 686 g/mol. The van der Waals surface area contributed by atoms with E-state index in [4.69, 9.17) is 10.7 Å². The van der Waals surface area contributed by atoms with Crippen LogP contribution in [0.4, 0.5) is 35.1 Å². The lowest BCUT2D eigenvalue weighted by molar-refractivity contribution is -0.189. The molecule has 4 nitrogen and oxygen atoms in total. The number of nitriles is 1. The van der Waals surface area contributed by atoms with Crippen molar-refractivity contribution in [3.63, 3.8) is 0 Å². The molecular formula is C37H31F8N3O. The molecule has 0 aliphatic rings. The van der Waals surface area contributed by atoms with Gasteiger partial charge in [-0.05, 0) is 86.4 Å². The van der Waals surface area contributed by atoms with Crippen LogP contribution in [0.2, 0.25) is 0 Å². The van der Waals surface area contributed by atoms with Crippen LogP contribution in [0.15, 0.2) is 102 Å². The van der Waals surface area contributed by atoms with E-state index in [1.54, 1.807) is 19.2 Å². The number of nitrogens with one attached hydrogen (secondary N) is 1. The third kappa shape index (κ3) is 11.3. The maximum atomic E-state index is 15.0. The van der Waals surface area contributed by atoms with Crippen LogP contribution in [0, 0.1) is 52.8 Å². The Balaban J connectivity index is 0.000000650. The summed E-state index contributed by atoms with van der Waals surface area (Å²) in [7, 11) is 0. The van der Waals surface area contributed by atoms with Crippen molar-refractivity contribution < 1.29 is 39.9 Å². The molecule has 0 fully saturated rings. The molecule has 3 aromatic rings. The van der Waals surface area contributed by atoms with E-state index in [-0.39, 0.29) is 24.1 Å². The standard InChI is InChI=1S/C28H17F8NO.C9H14N2/c1-3-4-19(21(29)8-7-16-6-5-15(2)9-22(16)30)17-10-25(33)27(26(34)11-17)28(35,36)38-18-12-23(31)20(14-37)24(32)13-18;1-3-4-5-6-9(7-10)8-11-2/h3-6,8-13H,1,7H2,2H3;3-4,7-8,10H,2,5-6H2,1H3/b19-4-,21-8+;4-3+,9-8-,10-7?. The van der Waals surface area contributed by atoms with Crippen LogP contribution in [0.25, 0.3) is 5.57 Å². The third-order valence-corrected chi connectivity index (χ3v) is 6.55. The summed E-state index contributed by atoms with van der Waals surface area (Å²) >= 11 is 0. The van der Waals surface area contributed by atoms with Crippen LogP contribution < -0.4 is 4.74 Å². The highest BCUT2D eigenvalue weighted by atomic mass is 19.3. The predicted molar refractivity (Wildman–Crippen MR) is 175 cm³/mol. The van der Waals surface area contributed by atoms with Gasteiger partial charge in [-0.25, -0.2) is 26.3 Å². The highest BCUT2D eigenvalue weighted by molar-refractivity contribution is 5.78. The fourth-order valence-electron chi connectivity index (χ4n) is 4.19. The number of rotatable bonds is 13. The average Bonchev–Trinajstić information content (AvgIpc) is 3.02. The molecule has 3 rings (SSSR count). The van der Waals surface area contributed by atoms with Gasteiger partial charge in [-0.3, -0.25) is 4.99 Å².